The van der Waals surface area contributed by atoms with Crippen molar-refractivity contribution < 1.29 is 14.1 Å². The Morgan fingerprint density at radius 1 is 1.06 bits per heavy atom. The molecular formula is C24H27N3O3S. The third kappa shape index (κ3) is 6.21. The molecule has 162 valence electrons. The highest BCUT2D eigenvalue weighted by molar-refractivity contribution is 7.98. The third-order valence-corrected chi connectivity index (χ3v) is 5.81. The van der Waals surface area contributed by atoms with Crippen LogP contribution in [0.2, 0.25) is 0 Å². The van der Waals surface area contributed by atoms with Crippen molar-refractivity contribution in [1.29, 1.82) is 0 Å². The van der Waals surface area contributed by atoms with E-state index in [4.69, 9.17) is 4.52 Å². The van der Waals surface area contributed by atoms with Gasteiger partial charge in [-0.15, -0.1) is 11.8 Å². The maximum Gasteiger partial charge on any atom is 0.256 e. The van der Waals surface area contributed by atoms with Gasteiger partial charge in [0.25, 0.3) is 5.91 Å². The van der Waals surface area contributed by atoms with Crippen LogP contribution in [0.4, 0.5) is 5.69 Å². The second-order valence-corrected chi connectivity index (χ2v) is 8.65. The van der Waals surface area contributed by atoms with E-state index in [9.17, 15) is 9.59 Å². The minimum atomic E-state index is -0.174. The van der Waals surface area contributed by atoms with E-state index in [-0.39, 0.29) is 17.9 Å². The van der Waals surface area contributed by atoms with Gasteiger partial charge in [-0.05, 0) is 57.5 Å². The van der Waals surface area contributed by atoms with Crippen LogP contribution in [0.1, 0.15) is 46.8 Å². The summed E-state index contributed by atoms with van der Waals surface area (Å²) in [6.07, 6.45) is 0.313. The zero-order valence-electron chi connectivity index (χ0n) is 18.2. The first-order chi connectivity index (χ1) is 14.8. The van der Waals surface area contributed by atoms with Gasteiger partial charge in [0.05, 0.1) is 17.7 Å². The molecule has 0 saturated carbocycles. The molecule has 0 bridgehead atoms. The van der Waals surface area contributed by atoms with Crippen molar-refractivity contribution in [1.82, 2.24) is 10.5 Å². The van der Waals surface area contributed by atoms with Gasteiger partial charge in [-0.3, -0.25) is 9.59 Å². The van der Waals surface area contributed by atoms with Gasteiger partial charge in [0, 0.05) is 27.9 Å². The van der Waals surface area contributed by atoms with Gasteiger partial charge < -0.3 is 15.2 Å². The summed E-state index contributed by atoms with van der Waals surface area (Å²) in [5.41, 5.74) is 4.11. The summed E-state index contributed by atoms with van der Waals surface area (Å²) in [4.78, 5) is 25.7. The monoisotopic (exact) mass is 437 g/mol. The Balaban J connectivity index is 1.65. The normalized spacial score (nSPS) is 10.9. The average molecular weight is 438 g/mol. The summed E-state index contributed by atoms with van der Waals surface area (Å²) in [6.45, 7) is 7.67. The molecule has 0 unspecified atom stereocenters. The predicted molar refractivity (Wildman–Crippen MR) is 123 cm³/mol. The highest BCUT2D eigenvalue weighted by Gasteiger charge is 2.15. The summed E-state index contributed by atoms with van der Waals surface area (Å²) in [7, 11) is 0. The number of aryl methyl sites for hydroxylation is 2. The van der Waals surface area contributed by atoms with E-state index in [1.807, 2.05) is 76.2 Å². The number of benzene rings is 2. The van der Waals surface area contributed by atoms with E-state index in [0.717, 1.165) is 27.5 Å². The number of nitrogens with one attached hydrogen (secondary N) is 2. The minimum absolute atomic E-state index is 0.0176. The second-order valence-electron chi connectivity index (χ2n) is 7.64. The van der Waals surface area contributed by atoms with E-state index in [1.165, 1.54) is 0 Å². The van der Waals surface area contributed by atoms with Gasteiger partial charge in [0.2, 0.25) is 5.91 Å². The highest BCUT2D eigenvalue weighted by Crippen LogP contribution is 2.29. The number of hydrogen-bond acceptors (Lipinski definition) is 5. The number of carbonyl (C=O) groups excluding carboxylic acids is 2. The summed E-state index contributed by atoms with van der Waals surface area (Å²) in [5, 5.41) is 9.81. The minimum Gasteiger partial charge on any atom is -0.361 e. The number of nitrogens with zero attached hydrogens (tertiary/aromatic N) is 1. The standard InChI is InChI=1S/C24H27N3O3S/c1-15(2)25-23(28)13-18-9-11-19(12-10-18)26-24(29)20-7-5-6-8-22(20)31-14-21-16(3)27-30-17(21)4/h5-12,15H,13-14H2,1-4H3,(H,25,28)(H,26,29). The molecule has 0 fully saturated rings. The number of hydrogen-bond donors (Lipinski definition) is 2. The molecule has 2 aromatic carbocycles. The van der Waals surface area contributed by atoms with Crippen LogP contribution >= 0.6 is 11.8 Å². The fourth-order valence-electron chi connectivity index (χ4n) is 3.10. The second kappa shape index (κ2) is 10.3. The van der Waals surface area contributed by atoms with Gasteiger partial charge in [0.15, 0.2) is 0 Å². The number of aromatic nitrogens is 1. The molecule has 1 aromatic heterocycles. The lowest BCUT2D eigenvalue weighted by atomic mass is 10.1. The van der Waals surface area contributed by atoms with Crippen molar-refractivity contribution in [2.75, 3.05) is 5.32 Å². The lowest BCUT2D eigenvalue weighted by molar-refractivity contribution is -0.120. The van der Waals surface area contributed by atoms with Crippen LogP contribution < -0.4 is 10.6 Å². The van der Waals surface area contributed by atoms with E-state index < -0.39 is 0 Å². The van der Waals surface area contributed by atoms with Gasteiger partial charge in [0.1, 0.15) is 5.76 Å². The molecule has 0 aliphatic heterocycles. The fraction of sp³-hybridized carbons (Fsp3) is 0.292. The molecule has 6 nitrogen and oxygen atoms in total. The lowest BCUT2D eigenvalue weighted by Crippen LogP contribution is -2.31. The Hall–Kier alpha value is -3.06. The van der Waals surface area contributed by atoms with E-state index in [1.54, 1.807) is 11.8 Å². The van der Waals surface area contributed by atoms with Crippen LogP contribution in [0.5, 0.6) is 0 Å². The van der Waals surface area contributed by atoms with E-state index in [2.05, 4.69) is 15.8 Å². The summed E-state index contributed by atoms with van der Waals surface area (Å²) in [5.74, 6) is 1.29. The van der Waals surface area contributed by atoms with Crippen molar-refractivity contribution in [3.63, 3.8) is 0 Å². The Morgan fingerprint density at radius 2 is 1.77 bits per heavy atom. The van der Waals surface area contributed by atoms with E-state index in [0.29, 0.717) is 23.4 Å². The quantitative estimate of drug-likeness (QED) is 0.490. The molecule has 0 aliphatic carbocycles. The molecule has 2 amide bonds. The summed E-state index contributed by atoms with van der Waals surface area (Å²) >= 11 is 1.58. The molecule has 7 heteroatoms. The molecule has 0 aliphatic rings. The van der Waals surface area contributed by atoms with Crippen LogP contribution in [0, 0.1) is 13.8 Å². The first kappa shape index (κ1) is 22.6. The van der Waals surface area contributed by atoms with Gasteiger partial charge in [-0.1, -0.05) is 29.4 Å². The molecule has 0 atom stereocenters. The summed E-state index contributed by atoms with van der Waals surface area (Å²) in [6, 6.07) is 15.0. The van der Waals surface area contributed by atoms with Crippen molar-refractivity contribution in [3.8, 4) is 0 Å². The number of carbonyl (C=O) groups is 2. The molecule has 0 saturated heterocycles. The van der Waals surface area contributed by atoms with Crippen LogP contribution in [-0.2, 0) is 17.0 Å². The Bertz CT molecular complexity index is 1040. The number of amides is 2. The van der Waals surface area contributed by atoms with Crippen molar-refractivity contribution in [3.05, 3.63) is 76.7 Å². The lowest BCUT2D eigenvalue weighted by Gasteiger charge is -2.11. The van der Waals surface area contributed by atoms with Crippen molar-refractivity contribution in [2.24, 2.45) is 0 Å². The zero-order chi connectivity index (χ0) is 22.4. The first-order valence-electron chi connectivity index (χ1n) is 10.2. The molecule has 1 heterocycles. The summed E-state index contributed by atoms with van der Waals surface area (Å²) < 4.78 is 5.23. The molecule has 3 aromatic rings. The largest absolute Gasteiger partial charge is 0.361 e. The molecular weight excluding hydrogens is 410 g/mol. The van der Waals surface area contributed by atoms with Gasteiger partial charge in [-0.25, -0.2) is 0 Å². The SMILES string of the molecule is Cc1noc(C)c1CSc1ccccc1C(=O)Nc1ccc(CC(=O)NC(C)C)cc1. The topological polar surface area (TPSA) is 84.2 Å². The molecule has 2 N–H and O–H groups in total. The van der Waals surface area contributed by atoms with Crippen LogP contribution in [0.3, 0.4) is 0 Å². The number of rotatable bonds is 8. The highest BCUT2D eigenvalue weighted by atomic mass is 32.2. The fourth-order valence-corrected chi connectivity index (χ4v) is 4.30. The smallest absolute Gasteiger partial charge is 0.256 e. The van der Waals surface area contributed by atoms with E-state index >= 15 is 0 Å². The first-order valence-corrected chi connectivity index (χ1v) is 11.1. The molecule has 0 spiro atoms. The number of thioether (sulfide) groups is 1. The molecule has 3 rings (SSSR count). The Kier molecular flexibility index (Phi) is 7.52. The third-order valence-electron chi connectivity index (χ3n) is 4.71. The van der Waals surface area contributed by atoms with Crippen LogP contribution in [0.15, 0.2) is 57.9 Å². The van der Waals surface area contributed by atoms with Gasteiger partial charge >= 0.3 is 0 Å². The Morgan fingerprint density at radius 3 is 2.42 bits per heavy atom. The van der Waals surface area contributed by atoms with Crippen molar-refractivity contribution >= 4 is 29.3 Å². The maximum atomic E-state index is 12.9. The number of anilines is 1. The predicted octanol–water partition coefficient (Wildman–Crippen LogP) is 4.90. The van der Waals surface area contributed by atoms with Crippen molar-refractivity contribution in [2.45, 2.75) is 50.8 Å². The average Bonchev–Trinajstić information content (AvgIpc) is 3.05. The molecule has 31 heavy (non-hydrogen) atoms. The molecule has 0 radical (unpaired) electrons. The van der Waals surface area contributed by atoms with Crippen LogP contribution in [0.25, 0.3) is 0 Å². The Labute approximate surface area is 186 Å². The van der Waals surface area contributed by atoms with Gasteiger partial charge in [-0.2, -0.15) is 0 Å². The zero-order valence-corrected chi connectivity index (χ0v) is 19.0. The van der Waals surface area contributed by atoms with Crippen LogP contribution in [-0.4, -0.2) is 23.0 Å². The maximum absolute atomic E-state index is 12.9.